The minimum atomic E-state index is -0.963. The van der Waals surface area contributed by atoms with Crippen molar-refractivity contribution < 1.29 is 33.6 Å². The molecule has 5 heterocycles. The van der Waals surface area contributed by atoms with Crippen molar-refractivity contribution in [2.24, 2.45) is 15.8 Å². The number of ether oxygens (including phenoxy) is 4. The summed E-state index contributed by atoms with van der Waals surface area (Å²) in [5.41, 5.74) is 3.52. The smallest absolute Gasteiger partial charge is 0.306 e. The summed E-state index contributed by atoms with van der Waals surface area (Å²) in [5.74, 6) is 1.79. The highest BCUT2D eigenvalue weighted by molar-refractivity contribution is 7.15. The standard InChI is InChI=1S/C48H54ClN9O7S/c1-27-28(2)66-43-39(27)40(53-37(23-38(59)60)41-56-55-29(3)58(41)43)30-9-8-10-34(21-30)64-20-18-62-17-19-63-33-13-15-57(16-14-33)46-51-25-32(26-52-46)42(61)54-44-47(4,5)45(48(44,6)7)65-35-12-11-31(24-50)36(49)22-35/h8-12,21-22,25-26,33,37,44-45H,13-20,23H2,1-7H3,(H,54,61)(H,59,60)/t37-,44?,45?/m0/s1. The molecule has 66 heavy (non-hydrogen) atoms. The predicted molar refractivity (Wildman–Crippen MR) is 249 cm³/mol. The van der Waals surface area contributed by atoms with E-state index in [2.05, 4.69) is 78.0 Å². The number of carbonyl (C=O) groups is 2. The fourth-order valence-corrected chi connectivity index (χ4v) is 11.1. The van der Waals surface area contributed by atoms with E-state index in [1.54, 1.807) is 41.9 Å². The maximum Gasteiger partial charge on any atom is 0.306 e. The average Bonchev–Trinajstić information content (AvgIpc) is 3.78. The molecule has 0 spiro atoms. The first kappa shape index (κ1) is 46.6. The molecule has 1 saturated carbocycles. The Hall–Kier alpha value is -5.93. The Labute approximate surface area is 393 Å². The molecule has 2 fully saturated rings. The van der Waals surface area contributed by atoms with Gasteiger partial charge in [0.15, 0.2) is 5.82 Å². The summed E-state index contributed by atoms with van der Waals surface area (Å²) in [6.07, 6.45) is 4.43. The highest BCUT2D eigenvalue weighted by atomic mass is 35.5. The molecule has 18 heteroatoms. The van der Waals surface area contributed by atoms with Gasteiger partial charge in [-0.1, -0.05) is 51.4 Å². The van der Waals surface area contributed by atoms with Crippen molar-refractivity contribution in [2.45, 2.75) is 92.0 Å². The Morgan fingerprint density at radius 3 is 2.39 bits per heavy atom. The SMILES string of the molecule is Cc1sc2c(c1C)C(c1cccc(OCCOCCOC3CCN(c4ncc(C(=O)NC5C(C)(C)C(Oc6ccc(C#N)c(Cl)c6)C5(C)C)cn4)CC3)c1)=N[C@@H](CC(=O)O)c1nnc(C)n1-2. The number of rotatable bonds is 16. The zero-order valence-corrected chi connectivity index (χ0v) is 39.7. The number of nitriles is 1. The number of carboxylic acids is 1. The second-order valence-corrected chi connectivity index (χ2v) is 19.7. The Morgan fingerprint density at radius 1 is 0.970 bits per heavy atom. The van der Waals surface area contributed by atoms with Gasteiger partial charge in [-0.25, -0.2) is 9.97 Å². The van der Waals surface area contributed by atoms with Gasteiger partial charge in [-0.05, 0) is 63.4 Å². The number of fused-ring (bicyclic) bond motifs is 3. The van der Waals surface area contributed by atoms with Crippen molar-refractivity contribution >= 4 is 46.5 Å². The van der Waals surface area contributed by atoms with E-state index in [-0.39, 0.29) is 30.6 Å². The molecule has 0 unspecified atom stereocenters. The van der Waals surface area contributed by atoms with Gasteiger partial charge in [0.1, 0.15) is 47.1 Å². The monoisotopic (exact) mass is 935 g/mol. The fraction of sp³-hybridized carbons (Fsp3) is 0.458. The third-order valence-electron chi connectivity index (χ3n) is 12.8. The maximum absolute atomic E-state index is 13.4. The summed E-state index contributed by atoms with van der Waals surface area (Å²) in [7, 11) is 0. The van der Waals surface area contributed by atoms with Gasteiger partial charge in [0.25, 0.3) is 5.91 Å². The van der Waals surface area contributed by atoms with Gasteiger partial charge in [-0.15, -0.1) is 21.5 Å². The number of aryl methyl sites for hydroxylation is 2. The zero-order valence-electron chi connectivity index (χ0n) is 38.1. The van der Waals surface area contributed by atoms with Crippen LogP contribution in [0.3, 0.4) is 0 Å². The number of anilines is 1. The molecule has 1 amide bonds. The van der Waals surface area contributed by atoms with Crippen LogP contribution in [-0.4, -0.2) is 105 Å². The van der Waals surface area contributed by atoms with Crippen LogP contribution in [-0.2, 0) is 14.3 Å². The van der Waals surface area contributed by atoms with Gasteiger partial charge >= 0.3 is 5.97 Å². The van der Waals surface area contributed by atoms with Gasteiger partial charge in [0.05, 0.1) is 54.2 Å². The predicted octanol–water partition coefficient (Wildman–Crippen LogP) is 7.63. The Kier molecular flexibility index (Phi) is 13.5. The summed E-state index contributed by atoms with van der Waals surface area (Å²) in [6.45, 7) is 17.3. The number of aliphatic imine (C=N–C) groups is 1. The molecule has 0 radical (unpaired) electrons. The number of halogens is 1. The molecule has 1 atom stereocenters. The topological polar surface area (TPSA) is 199 Å². The molecule has 8 rings (SSSR count). The van der Waals surface area contributed by atoms with Crippen LogP contribution in [0.15, 0.2) is 59.9 Å². The van der Waals surface area contributed by atoms with Crippen molar-refractivity contribution in [3.05, 3.63) is 104 Å². The molecule has 3 aliphatic rings. The molecule has 2 aromatic carbocycles. The normalized spacial score (nSPS) is 19.7. The van der Waals surface area contributed by atoms with E-state index in [1.165, 1.54) is 0 Å². The maximum atomic E-state index is 13.4. The van der Waals surface area contributed by atoms with Crippen molar-refractivity contribution in [1.29, 1.82) is 5.26 Å². The lowest BCUT2D eigenvalue weighted by molar-refractivity contribution is -0.164. The van der Waals surface area contributed by atoms with E-state index < -0.39 is 22.8 Å². The van der Waals surface area contributed by atoms with E-state index in [4.69, 9.17) is 35.5 Å². The van der Waals surface area contributed by atoms with Gasteiger partial charge in [0, 0.05) is 64.4 Å². The van der Waals surface area contributed by atoms with Gasteiger partial charge < -0.3 is 34.3 Å². The number of aromatic nitrogens is 5. The largest absolute Gasteiger partial charge is 0.491 e. The summed E-state index contributed by atoms with van der Waals surface area (Å²) in [6, 6.07) is 13.9. The lowest BCUT2D eigenvalue weighted by Gasteiger charge is -2.63. The number of piperidine rings is 1. The summed E-state index contributed by atoms with van der Waals surface area (Å²) in [4.78, 5) is 42.7. The first-order valence-electron chi connectivity index (χ1n) is 22.1. The third-order valence-corrected chi connectivity index (χ3v) is 14.4. The number of carboxylic acid groups (broad SMARTS) is 1. The van der Waals surface area contributed by atoms with Crippen LogP contribution in [0, 0.1) is 42.9 Å². The van der Waals surface area contributed by atoms with E-state index in [0.29, 0.717) is 77.4 Å². The number of thiophene rings is 1. The Bertz CT molecular complexity index is 2670. The Balaban J connectivity index is 0.762. The van der Waals surface area contributed by atoms with Crippen LogP contribution in [0.4, 0.5) is 5.95 Å². The number of nitrogens with zero attached hydrogens (tertiary/aromatic N) is 8. The molecule has 3 aromatic heterocycles. The molecular weight excluding hydrogens is 882 g/mol. The highest BCUT2D eigenvalue weighted by Crippen LogP contribution is 2.55. The average molecular weight is 937 g/mol. The zero-order chi connectivity index (χ0) is 46.9. The first-order chi connectivity index (χ1) is 31.6. The number of carbonyl (C=O) groups excluding carboxylic acids is 1. The van der Waals surface area contributed by atoms with Gasteiger partial charge in [0.2, 0.25) is 5.95 Å². The van der Waals surface area contributed by atoms with Crippen LogP contribution in [0.5, 0.6) is 11.5 Å². The number of hydrogen-bond acceptors (Lipinski definition) is 14. The van der Waals surface area contributed by atoms with Crippen LogP contribution in [0.1, 0.15) is 102 Å². The van der Waals surface area contributed by atoms with Crippen molar-refractivity contribution in [1.82, 2.24) is 30.0 Å². The van der Waals surface area contributed by atoms with Crippen molar-refractivity contribution in [3.63, 3.8) is 0 Å². The van der Waals surface area contributed by atoms with E-state index in [9.17, 15) is 20.0 Å². The molecule has 1 saturated heterocycles. The van der Waals surface area contributed by atoms with E-state index >= 15 is 0 Å². The molecule has 5 aromatic rings. The van der Waals surface area contributed by atoms with Crippen LogP contribution >= 0.6 is 22.9 Å². The summed E-state index contributed by atoms with van der Waals surface area (Å²) < 4.78 is 26.4. The lowest BCUT2D eigenvalue weighted by atomic mass is 9.49. The quantitative estimate of drug-likeness (QED) is 0.0917. The van der Waals surface area contributed by atoms with E-state index in [0.717, 1.165) is 52.5 Å². The lowest BCUT2D eigenvalue weighted by Crippen LogP contribution is -2.74. The number of amides is 1. The molecule has 2 aliphatic heterocycles. The highest BCUT2D eigenvalue weighted by Gasteiger charge is 2.64. The molecule has 346 valence electrons. The number of nitrogens with one attached hydrogen (secondary N) is 1. The summed E-state index contributed by atoms with van der Waals surface area (Å²) >= 11 is 7.87. The van der Waals surface area contributed by atoms with Crippen LogP contribution in [0.25, 0.3) is 5.00 Å². The van der Waals surface area contributed by atoms with Gasteiger partial charge in [-0.2, -0.15) is 5.26 Å². The molecule has 1 aliphatic carbocycles. The van der Waals surface area contributed by atoms with E-state index in [1.807, 2.05) is 35.8 Å². The number of aliphatic carboxylic acids is 1. The van der Waals surface area contributed by atoms with Crippen molar-refractivity contribution in [3.8, 4) is 22.6 Å². The van der Waals surface area contributed by atoms with Gasteiger partial charge in [-0.3, -0.25) is 19.1 Å². The fourth-order valence-electron chi connectivity index (χ4n) is 9.65. The second-order valence-electron chi connectivity index (χ2n) is 18.1. The van der Waals surface area contributed by atoms with Crippen LogP contribution < -0.4 is 19.7 Å². The number of benzene rings is 2. The third kappa shape index (κ3) is 9.37. The number of hydrogen-bond donors (Lipinski definition) is 2. The summed E-state index contributed by atoms with van der Waals surface area (Å²) in [5, 5.41) is 32.1. The van der Waals surface area contributed by atoms with Crippen molar-refractivity contribution in [2.75, 3.05) is 44.4 Å². The second kappa shape index (κ2) is 19.1. The molecular formula is C48H54ClN9O7S. The molecule has 16 nitrogen and oxygen atoms in total. The van der Waals surface area contributed by atoms with Crippen LogP contribution in [0.2, 0.25) is 5.02 Å². The first-order valence-corrected chi connectivity index (χ1v) is 23.2. The minimum absolute atomic E-state index is 0.0857. The molecule has 2 N–H and O–H groups in total. The minimum Gasteiger partial charge on any atom is -0.491 e. The molecule has 0 bridgehead atoms. The Morgan fingerprint density at radius 2 is 1.70 bits per heavy atom.